The van der Waals surface area contributed by atoms with Crippen molar-refractivity contribution in [3.8, 4) is 0 Å². The Balaban J connectivity index is 1.43. The lowest BCUT2D eigenvalue weighted by Gasteiger charge is -2.43. The SMILES string of the molecule is CCCNC(=O)C1CCC(CN2C(=O)C3SC=CC3N(Cc3ccc(F)cc3Cl)C2=O)CC1. The van der Waals surface area contributed by atoms with Crippen molar-refractivity contribution in [1.29, 1.82) is 0 Å². The molecule has 1 N–H and O–H groups in total. The summed E-state index contributed by atoms with van der Waals surface area (Å²) in [6.45, 7) is 3.29. The van der Waals surface area contributed by atoms with Crippen LogP contribution in [0, 0.1) is 17.7 Å². The van der Waals surface area contributed by atoms with Gasteiger partial charge in [-0.05, 0) is 61.1 Å². The number of carbonyl (C=O) groups excluding carboxylic acids is 3. The zero-order valence-corrected chi connectivity index (χ0v) is 20.2. The van der Waals surface area contributed by atoms with Gasteiger partial charge >= 0.3 is 6.03 Å². The number of hydrogen-bond donors (Lipinski definition) is 1. The molecule has 4 rings (SSSR count). The third kappa shape index (κ3) is 5.22. The van der Waals surface area contributed by atoms with Gasteiger partial charge in [0.05, 0.1) is 6.04 Å². The minimum Gasteiger partial charge on any atom is -0.356 e. The summed E-state index contributed by atoms with van der Waals surface area (Å²) in [6, 6.07) is 3.46. The summed E-state index contributed by atoms with van der Waals surface area (Å²) in [5.41, 5.74) is 0.642. The third-order valence-electron chi connectivity index (χ3n) is 6.72. The lowest BCUT2D eigenvalue weighted by molar-refractivity contribution is -0.132. The minimum atomic E-state index is -0.432. The van der Waals surface area contributed by atoms with E-state index in [4.69, 9.17) is 11.6 Å². The van der Waals surface area contributed by atoms with E-state index in [0.717, 1.165) is 32.1 Å². The number of fused-ring (bicyclic) bond motifs is 1. The monoisotopic (exact) mass is 493 g/mol. The second kappa shape index (κ2) is 10.5. The van der Waals surface area contributed by atoms with Crippen LogP contribution in [0.3, 0.4) is 0 Å². The van der Waals surface area contributed by atoms with Crippen LogP contribution in [0.25, 0.3) is 0 Å². The molecule has 1 saturated heterocycles. The smallest absolute Gasteiger partial charge is 0.327 e. The van der Waals surface area contributed by atoms with Gasteiger partial charge in [0.2, 0.25) is 11.8 Å². The average molecular weight is 494 g/mol. The fraction of sp³-hybridized carbons (Fsp3) is 0.542. The highest BCUT2D eigenvalue weighted by Crippen LogP contribution is 2.37. The molecule has 2 heterocycles. The van der Waals surface area contributed by atoms with Crippen molar-refractivity contribution in [3.63, 3.8) is 0 Å². The largest absolute Gasteiger partial charge is 0.356 e. The van der Waals surface area contributed by atoms with Gasteiger partial charge in [0, 0.05) is 30.6 Å². The lowest BCUT2D eigenvalue weighted by atomic mass is 9.81. The quantitative estimate of drug-likeness (QED) is 0.604. The number of rotatable bonds is 7. The van der Waals surface area contributed by atoms with Crippen molar-refractivity contribution >= 4 is 41.2 Å². The molecule has 1 aromatic carbocycles. The van der Waals surface area contributed by atoms with E-state index in [2.05, 4.69) is 5.32 Å². The fourth-order valence-corrected chi connectivity index (χ4v) is 6.12. The Kier molecular flexibility index (Phi) is 7.64. The van der Waals surface area contributed by atoms with E-state index in [1.165, 1.54) is 28.8 Å². The van der Waals surface area contributed by atoms with Crippen LogP contribution in [0.2, 0.25) is 5.02 Å². The van der Waals surface area contributed by atoms with Gasteiger partial charge in [-0.2, -0.15) is 0 Å². The maximum atomic E-state index is 13.5. The number of nitrogens with one attached hydrogen (secondary N) is 1. The van der Waals surface area contributed by atoms with Crippen LogP contribution in [-0.2, 0) is 16.1 Å². The van der Waals surface area contributed by atoms with Gasteiger partial charge in [0.15, 0.2) is 0 Å². The molecule has 0 spiro atoms. The number of amides is 4. The van der Waals surface area contributed by atoms with Crippen LogP contribution >= 0.6 is 23.4 Å². The topological polar surface area (TPSA) is 69.7 Å². The lowest BCUT2D eigenvalue weighted by Crippen LogP contribution is -2.62. The third-order valence-corrected chi connectivity index (χ3v) is 8.16. The van der Waals surface area contributed by atoms with Gasteiger partial charge in [-0.1, -0.05) is 30.7 Å². The van der Waals surface area contributed by atoms with E-state index in [9.17, 15) is 18.8 Å². The first-order chi connectivity index (χ1) is 15.9. The maximum Gasteiger partial charge on any atom is 0.327 e. The van der Waals surface area contributed by atoms with Crippen molar-refractivity contribution in [1.82, 2.24) is 15.1 Å². The van der Waals surface area contributed by atoms with Crippen molar-refractivity contribution < 1.29 is 18.8 Å². The normalized spacial score (nSPS) is 27.1. The molecule has 2 fully saturated rings. The van der Waals surface area contributed by atoms with Gasteiger partial charge < -0.3 is 10.2 Å². The van der Waals surface area contributed by atoms with E-state index < -0.39 is 5.82 Å². The first-order valence-corrected chi connectivity index (χ1v) is 12.9. The molecule has 3 aliphatic rings. The molecule has 178 valence electrons. The molecule has 33 heavy (non-hydrogen) atoms. The molecule has 2 atom stereocenters. The highest BCUT2D eigenvalue weighted by atomic mass is 35.5. The number of thioether (sulfide) groups is 1. The highest BCUT2D eigenvalue weighted by Gasteiger charge is 2.47. The fourth-order valence-electron chi connectivity index (χ4n) is 4.83. The predicted octanol–water partition coefficient (Wildman–Crippen LogP) is 4.57. The molecular weight excluding hydrogens is 465 g/mol. The van der Waals surface area contributed by atoms with Gasteiger partial charge in [0.25, 0.3) is 0 Å². The zero-order chi connectivity index (χ0) is 23.5. The number of carbonyl (C=O) groups is 3. The molecule has 0 bridgehead atoms. The van der Waals surface area contributed by atoms with E-state index in [1.807, 2.05) is 18.4 Å². The molecule has 1 saturated carbocycles. The predicted molar refractivity (Wildman–Crippen MR) is 127 cm³/mol. The summed E-state index contributed by atoms with van der Waals surface area (Å²) in [7, 11) is 0. The number of imide groups is 1. The number of urea groups is 1. The van der Waals surface area contributed by atoms with Crippen molar-refractivity contribution in [2.45, 2.75) is 56.9 Å². The molecular formula is C24H29ClFN3O3S. The number of nitrogens with zero attached hydrogens (tertiary/aromatic N) is 2. The maximum absolute atomic E-state index is 13.5. The Hall–Kier alpha value is -2.06. The van der Waals surface area contributed by atoms with E-state index in [-0.39, 0.29) is 52.5 Å². The minimum absolute atomic E-state index is 0.0108. The summed E-state index contributed by atoms with van der Waals surface area (Å²) in [5, 5.41) is 4.72. The van der Waals surface area contributed by atoms with Crippen LogP contribution in [0.4, 0.5) is 9.18 Å². The first-order valence-electron chi connectivity index (χ1n) is 11.5. The van der Waals surface area contributed by atoms with Gasteiger partial charge in [-0.15, -0.1) is 11.8 Å². The average Bonchev–Trinajstić information content (AvgIpc) is 3.29. The van der Waals surface area contributed by atoms with Crippen molar-refractivity contribution in [2.75, 3.05) is 13.1 Å². The zero-order valence-electron chi connectivity index (χ0n) is 18.6. The van der Waals surface area contributed by atoms with Gasteiger partial charge in [0.1, 0.15) is 11.1 Å². The van der Waals surface area contributed by atoms with E-state index in [1.54, 1.807) is 11.0 Å². The van der Waals surface area contributed by atoms with Crippen LogP contribution in [0.1, 0.15) is 44.6 Å². The molecule has 4 amide bonds. The summed E-state index contributed by atoms with van der Waals surface area (Å²) in [4.78, 5) is 41.9. The number of hydrogen-bond acceptors (Lipinski definition) is 4. The Morgan fingerprint density at radius 1 is 1.24 bits per heavy atom. The Morgan fingerprint density at radius 3 is 2.70 bits per heavy atom. The summed E-state index contributed by atoms with van der Waals surface area (Å²) >= 11 is 7.64. The van der Waals surface area contributed by atoms with E-state index in [0.29, 0.717) is 18.7 Å². The van der Waals surface area contributed by atoms with Crippen LogP contribution < -0.4 is 5.32 Å². The van der Waals surface area contributed by atoms with Crippen LogP contribution in [-0.4, -0.2) is 52.0 Å². The second-order valence-corrected chi connectivity index (χ2v) is 10.4. The van der Waals surface area contributed by atoms with E-state index >= 15 is 0 Å². The van der Waals surface area contributed by atoms with Gasteiger partial charge in [-0.3, -0.25) is 14.5 Å². The molecule has 0 aromatic heterocycles. The Labute approximate surface area is 202 Å². The molecule has 6 nitrogen and oxygen atoms in total. The summed E-state index contributed by atoms with van der Waals surface area (Å²) < 4.78 is 13.5. The summed E-state index contributed by atoms with van der Waals surface area (Å²) in [6.07, 6.45) is 5.95. The molecule has 2 unspecified atom stereocenters. The van der Waals surface area contributed by atoms with Crippen LogP contribution in [0.15, 0.2) is 29.7 Å². The Bertz CT molecular complexity index is 951. The van der Waals surface area contributed by atoms with Crippen molar-refractivity contribution in [3.05, 3.63) is 46.1 Å². The molecule has 9 heteroatoms. The molecule has 1 aliphatic carbocycles. The van der Waals surface area contributed by atoms with Crippen LogP contribution in [0.5, 0.6) is 0 Å². The second-order valence-electron chi connectivity index (χ2n) is 8.98. The molecule has 2 aliphatic heterocycles. The van der Waals surface area contributed by atoms with Gasteiger partial charge in [-0.25, -0.2) is 9.18 Å². The summed E-state index contributed by atoms with van der Waals surface area (Å²) in [5.74, 6) is -0.293. The molecule has 0 radical (unpaired) electrons. The number of benzene rings is 1. The number of halogens is 2. The molecule has 1 aromatic rings. The highest BCUT2D eigenvalue weighted by molar-refractivity contribution is 8.03. The standard InChI is InChI=1S/C24H29ClFN3O3S/c1-2-10-27-22(30)16-5-3-15(4-6-16)13-29-23(31)21-20(9-11-33-21)28(24(29)32)14-17-7-8-18(26)12-19(17)25/h7-9,11-12,15-16,20-21H,2-6,10,13-14H2,1H3,(H,27,30). The van der Waals surface area contributed by atoms with Crippen molar-refractivity contribution in [2.24, 2.45) is 11.8 Å². The first kappa shape index (κ1) is 24.1. The Morgan fingerprint density at radius 2 is 2.00 bits per heavy atom.